The SMILES string of the molecule is O=C1Nc2ccc(-c3cccnc3)cc2/C1=C/C1=CCC=N1. The van der Waals surface area contributed by atoms with Gasteiger partial charge in [-0.1, -0.05) is 18.2 Å². The lowest BCUT2D eigenvalue weighted by Gasteiger charge is -2.04. The van der Waals surface area contributed by atoms with Gasteiger partial charge in [0.25, 0.3) is 5.91 Å². The molecule has 4 heteroatoms. The smallest absolute Gasteiger partial charge is 0.256 e. The summed E-state index contributed by atoms with van der Waals surface area (Å²) in [5.74, 6) is -0.0821. The number of carbonyl (C=O) groups excluding carboxylic acids is 1. The monoisotopic (exact) mass is 287 g/mol. The molecule has 2 aromatic rings. The molecule has 4 nitrogen and oxygen atoms in total. The van der Waals surface area contributed by atoms with Crippen LogP contribution in [0.2, 0.25) is 0 Å². The third kappa shape index (κ3) is 2.15. The second-order valence-corrected chi connectivity index (χ2v) is 5.19. The Balaban J connectivity index is 1.81. The van der Waals surface area contributed by atoms with Crippen LogP contribution in [-0.2, 0) is 4.79 Å². The van der Waals surface area contributed by atoms with Crippen LogP contribution in [0.5, 0.6) is 0 Å². The summed E-state index contributed by atoms with van der Waals surface area (Å²) in [7, 11) is 0. The van der Waals surface area contributed by atoms with Crippen molar-refractivity contribution in [2.45, 2.75) is 6.42 Å². The molecule has 0 unspecified atom stereocenters. The molecule has 1 N–H and O–H groups in total. The van der Waals surface area contributed by atoms with Gasteiger partial charge in [0.15, 0.2) is 0 Å². The van der Waals surface area contributed by atoms with Crippen LogP contribution >= 0.6 is 0 Å². The van der Waals surface area contributed by atoms with Crippen molar-refractivity contribution in [1.29, 1.82) is 0 Å². The van der Waals surface area contributed by atoms with E-state index in [4.69, 9.17) is 0 Å². The van der Waals surface area contributed by atoms with Gasteiger partial charge in [0.2, 0.25) is 0 Å². The molecule has 0 spiro atoms. The molecule has 1 aromatic heterocycles. The van der Waals surface area contributed by atoms with Crippen LogP contribution in [-0.4, -0.2) is 17.1 Å². The molecule has 3 heterocycles. The van der Waals surface area contributed by atoms with Gasteiger partial charge in [-0.15, -0.1) is 0 Å². The Labute approximate surface area is 127 Å². The van der Waals surface area contributed by atoms with Gasteiger partial charge in [-0.05, 0) is 29.8 Å². The van der Waals surface area contributed by atoms with Gasteiger partial charge >= 0.3 is 0 Å². The third-order valence-corrected chi connectivity index (χ3v) is 3.76. The lowest BCUT2D eigenvalue weighted by Crippen LogP contribution is -2.03. The number of benzene rings is 1. The highest BCUT2D eigenvalue weighted by Gasteiger charge is 2.24. The number of rotatable bonds is 2. The van der Waals surface area contributed by atoms with Crippen LogP contribution in [0.15, 0.2) is 65.6 Å². The molecule has 22 heavy (non-hydrogen) atoms. The molecule has 0 saturated carbocycles. The maximum Gasteiger partial charge on any atom is 0.256 e. The number of pyridine rings is 1. The zero-order valence-corrected chi connectivity index (χ0v) is 11.8. The maximum atomic E-state index is 12.2. The van der Waals surface area contributed by atoms with E-state index in [1.165, 1.54) is 0 Å². The summed E-state index contributed by atoms with van der Waals surface area (Å²) >= 11 is 0. The normalized spacial score (nSPS) is 17.5. The van der Waals surface area contributed by atoms with E-state index in [0.29, 0.717) is 5.57 Å². The molecular weight excluding hydrogens is 274 g/mol. The molecule has 0 bridgehead atoms. The summed E-state index contributed by atoms with van der Waals surface area (Å²) in [6.45, 7) is 0. The molecule has 2 aliphatic rings. The number of amides is 1. The largest absolute Gasteiger partial charge is 0.321 e. The molecule has 0 fully saturated rings. The highest BCUT2D eigenvalue weighted by Crippen LogP contribution is 2.36. The fourth-order valence-electron chi connectivity index (χ4n) is 2.67. The van der Waals surface area contributed by atoms with Crippen LogP contribution in [0.3, 0.4) is 0 Å². The van der Waals surface area contributed by atoms with Crippen LogP contribution < -0.4 is 5.32 Å². The zero-order chi connectivity index (χ0) is 14.9. The maximum absolute atomic E-state index is 12.2. The minimum atomic E-state index is -0.0821. The Morgan fingerprint density at radius 2 is 2.14 bits per heavy atom. The van der Waals surface area contributed by atoms with Gasteiger partial charge in [-0.25, -0.2) is 0 Å². The number of hydrogen-bond donors (Lipinski definition) is 1. The highest BCUT2D eigenvalue weighted by atomic mass is 16.2. The summed E-state index contributed by atoms with van der Waals surface area (Å²) in [6, 6.07) is 9.86. The van der Waals surface area contributed by atoms with E-state index in [1.807, 2.05) is 54.9 Å². The molecule has 4 rings (SSSR count). The van der Waals surface area contributed by atoms with E-state index < -0.39 is 0 Å². The fourth-order valence-corrected chi connectivity index (χ4v) is 2.67. The zero-order valence-electron chi connectivity index (χ0n) is 11.8. The molecule has 0 saturated heterocycles. The van der Waals surface area contributed by atoms with Crippen molar-refractivity contribution < 1.29 is 4.79 Å². The lowest BCUT2D eigenvalue weighted by atomic mass is 10.00. The average Bonchev–Trinajstić information content (AvgIpc) is 3.17. The summed E-state index contributed by atoms with van der Waals surface area (Å²) in [6.07, 6.45) is 10.1. The predicted molar refractivity (Wildman–Crippen MR) is 87.5 cm³/mol. The van der Waals surface area contributed by atoms with Gasteiger partial charge < -0.3 is 5.32 Å². The summed E-state index contributed by atoms with van der Waals surface area (Å²) in [5.41, 5.74) is 5.32. The van der Waals surface area contributed by atoms with Crippen molar-refractivity contribution >= 4 is 23.4 Å². The summed E-state index contributed by atoms with van der Waals surface area (Å²) in [4.78, 5) is 20.6. The molecular formula is C18H13N3O. The molecule has 1 amide bonds. The number of aliphatic imine (C=N–C) groups is 1. The number of fused-ring (bicyclic) bond motifs is 1. The van der Waals surface area contributed by atoms with Crippen LogP contribution in [0, 0.1) is 0 Å². The van der Waals surface area contributed by atoms with Gasteiger partial charge in [-0.3, -0.25) is 14.8 Å². The molecule has 0 radical (unpaired) electrons. The number of aromatic nitrogens is 1. The van der Waals surface area contributed by atoms with E-state index >= 15 is 0 Å². The molecule has 2 aliphatic heterocycles. The van der Waals surface area contributed by atoms with Crippen molar-refractivity contribution in [3.63, 3.8) is 0 Å². The van der Waals surface area contributed by atoms with Gasteiger partial charge in [0.1, 0.15) is 0 Å². The highest BCUT2D eigenvalue weighted by molar-refractivity contribution is 6.32. The summed E-state index contributed by atoms with van der Waals surface area (Å²) < 4.78 is 0. The number of nitrogens with zero attached hydrogens (tertiary/aromatic N) is 2. The fraction of sp³-hybridized carbons (Fsp3) is 0.0556. The number of hydrogen-bond acceptors (Lipinski definition) is 3. The Morgan fingerprint density at radius 3 is 2.91 bits per heavy atom. The van der Waals surface area contributed by atoms with Gasteiger partial charge in [0, 0.05) is 41.8 Å². The quantitative estimate of drug-likeness (QED) is 0.860. The van der Waals surface area contributed by atoms with Crippen molar-refractivity contribution in [2.75, 3.05) is 5.32 Å². The van der Waals surface area contributed by atoms with Crippen molar-refractivity contribution in [3.05, 3.63) is 66.1 Å². The first kappa shape index (κ1) is 12.7. The average molecular weight is 287 g/mol. The molecule has 1 aromatic carbocycles. The van der Waals surface area contributed by atoms with Crippen LogP contribution in [0.1, 0.15) is 12.0 Å². The van der Waals surface area contributed by atoms with E-state index in [1.54, 1.807) is 6.20 Å². The second kappa shape index (κ2) is 5.07. The van der Waals surface area contributed by atoms with Crippen LogP contribution in [0.4, 0.5) is 5.69 Å². The molecule has 0 aliphatic carbocycles. The third-order valence-electron chi connectivity index (χ3n) is 3.76. The Morgan fingerprint density at radius 1 is 1.18 bits per heavy atom. The van der Waals surface area contributed by atoms with Crippen molar-refractivity contribution in [1.82, 2.24) is 4.98 Å². The van der Waals surface area contributed by atoms with E-state index in [2.05, 4.69) is 15.3 Å². The first-order valence-electron chi connectivity index (χ1n) is 7.12. The summed E-state index contributed by atoms with van der Waals surface area (Å²) in [5, 5.41) is 2.90. The Kier molecular flexibility index (Phi) is 2.93. The topological polar surface area (TPSA) is 54.4 Å². The van der Waals surface area contributed by atoms with Crippen molar-refractivity contribution in [3.8, 4) is 11.1 Å². The van der Waals surface area contributed by atoms with Gasteiger partial charge in [-0.2, -0.15) is 0 Å². The number of anilines is 1. The Bertz CT molecular complexity index is 848. The minimum absolute atomic E-state index is 0.0821. The number of allylic oxidation sites excluding steroid dienone is 2. The second-order valence-electron chi connectivity index (χ2n) is 5.19. The van der Waals surface area contributed by atoms with Crippen LogP contribution in [0.25, 0.3) is 16.7 Å². The first-order chi connectivity index (χ1) is 10.8. The molecule has 0 atom stereocenters. The number of nitrogens with one attached hydrogen (secondary N) is 1. The van der Waals surface area contributed by atoms with E-state index in [0.717, 1.165) is 34.5 Å². The van der Waals surface area contributed by atoms with E-state index in [-0.39, 0.29) is 5.91 Å². The molecule has 106 valence electrons. The first-order valence-corrected chi connectivity index (χ1v) is 7.12. The standard InChI is InChI=1S/C18H13N3O/c22-18-16(10-14-4-2-8-20-14)15-9-12(5-6-17(15)21-18)13-3-1-7-19-11-13/h1,3-11H,2H2,(H,21,22)/b16-10-. The Hall–Kier alpha value is -3.01. The number of carbonyl (C=O) groups is 1. The predicted octanol–water partition coefficient (Wildman–Crippen LogP) is 3.44. The minimum Gasteiger partial charge on any atom is -0.321 e. The van der Waals surface area contributed by atoms with E-state index in [9.17, 15) is 4.79 Å². The van der Waals surface area contributed by atoms with Gasteiger partial charge in [0.05, 0.1) is 11.3 Å². The van der Waals surface area contributed by atoms with Crippen molar-refractivity contribution in [2.24, 2.45) is 4.99 Å². The lowest BCUT2D eigenvalue weighted by molar-refractivity contribution is -0.110.